The molecule has 0 aliphatic heterocycles. The van der Waals surface area contributed by atoms with Crippen molar-refractivity contribution >= 4 is 28.8 Å². The number of carbonyl (C=O) groups is 1. The van der Waals surface area contributed by atoms with Gasteiger partial charge < -0.3 is 5.32 Å². The quantitative estimate of drug-likeness (QED) is 0.775. The molecule has 0 saturated heterocycles. The van der Waals surface area contributed by atoms with Gasteiger partial charge in [0.1, 0.15) is 5.88 Å². The Morgan fingerprint density at radius 3 is 2.85 bits per heavy atom. The van der Waals surface area contributed by atoms with Gasteiger partial charge >= 0.3 is 0 Å². The molecule has 1 N–H and O–H groups in total. The second-order valence-electron chi connectivity index (χ2n) is 2.87. The van der Waals surface area contributed by atoms with Gasteiger partial charge in [0, 0.05) is 9.75 Å². The third-order valence-corrected chi connectivity index (χ3v) is 3.11. The third kappa shape index (κ3) is 3.01. The lowest BCUT2D eigenvalue weighted by Gasteiger charge is -2.10. The zero-order chi connectivity index (χ0) is 9.84. The zero-order valence-electron chi connectivity index (χ0n) is 7.63. The number of thiophene rings is 1. The van der Waals surface area contributed by atoms with Crippen molar-refractivity contribution in [3.63, 3.8) is 0 Å². The Labute approximate surface area is 86.9 Å². The Bertz CT molecular complexity index is 298. The van der Waals surface area contributed by atoms with Crippen molar-refractivity contribution in [2.45, 2.75) is 19.9 Å². The summed E-state index contributed by atoms with van der Waals surface area (Å²) < 4.78 is 0. The van der Waals surface area contributed by atoms with Crippen LogP contribution in [-0.4, -0.2) is 11.8 Å². The molecule has 1 heterocycles. The molecule has 4 heteroatoms. The predicted octanol–water partition coefficient (Wildman–Crippen LogP) is 2.47. The lowest BCUT2D eigenvalue weighted by molar-refractivity contribution is -0.119. The van der Waals surface area contributed by atoms with Crippen LogP contribution in [0, 0.1) is 6.92 Å². The molecule has 2 nitrogen and oxygen atoms in total. The maximum absolute atomic E-state index is 11.0. The van der Waals surface area contributed by atoms with E-state index in [9.17, 15) is 4.79 Å². The molecule has 1 unspecified atom stereocenters. The van der Waals surface area contributed by atoms with Crippen LogP contribution in [0.2, 0.25) is 0 Å². The summed E-state index contributed by atoms with van der Waals surface area (Å²) in [5.74, 6) is -0.102. The average Bonchev–Trinajstić information content (AvgIpc) is 2.51. The normalized spacial score (nSPS) is 12.5. The van der Waals surface area contributed by atoms with E-state index in [1.807, 2.05) is 26.0 Å². The molecule has 0 bridgehead atoms. The summed E-state index contributed by atoms with van der Waals surface area (Å²) >= 11 is 7.07. The predicted molar refractivity (Wildman–Crippen MR) is 56.3 cm³/mol. The van der Waals surface area contributed by atoms with E-state index in [1.165, 1.54) is 4.88 Å². The van der Waals surface area contributed by atoms with E-state index in [4.69, 9.17) is 11.6 Å². The van der Waals surface area contributed by atoms with Crippen molar-refractivity contribution < 1.29 is 4.79 Å². The fourth-order valence-electron chi connectivity index (χ4n) is 1.04. The average molecular weight is 218 g/mol. The highest BCUT2D eigenvalue weighted by Crippen LogP contribution is 2.21. The van der Waals surface area contributed by atoms with Gasteiger partial charge in [0.05, 0.1) is 6.04 Å². The number of carbonyl (C=O) groups excluding carboxylic acids is 1. The van der Waals surface area contributed by atoms with E-state index < -0.39 is 0 Å². The highest BCUT2D eigenvalue weighted by Gasteiger charge is 2.09. The molecule has 1 aromatic rings. The third-order valence-electron chi connectivity index (χ3n) is 1.69. The molecule has 13 heavy (non-hydrogen) atoms. The SMILES string of the molecule is Cc1ccc(C(C)NC(=O)CCl)s1. The van der Waals surface area contributed by atoms with Crippen LogP contribution < -0.4 is 5.32 Å². The fourth-order valence-corrected chi connectivity index (χ4v) is 1.99. The minimum Gasteiger partial charge on any atom is -0.348 e. The molecule has 0 aromatic carbocycles. The lowest BCUT2D eigenvalue weighted by Crippen LogP contribution is -2.26. The maximum Gasteiger partial charge on any atom is 0.235 e. The van der Waals surface area contributed by atoms with E-state index in [2.05, 4.69) is 5.32 Å². The zero-order valence-corrected chi connectivity index (χ0v) is 9.21. The van der Waals surface area contributed by atoms with Crippen LogP contribution >= 0.6 is 22.9 Å². The number of alkyl halides is 1. The number of halogens is 1. The van der Waals surface area contributed by atoms with Gasteiger partial charge in [-0.05, 0) is 26.0 Å². The largest absolute Gasteiger partial charge is 0.348 e. The molecule has 0 spiro atoms. The van der Waals surface area contributed by atoms with Gasteiger partial charge in [0.2, 0.25) is 5.91 Å². The number of nitrogens with one attached hydrogen (secondary N) is 1. The maximum atomic E-state index is 11.0. The smallest absolute Gasteiger partial charge is 0.235 e. The molecule has 72 valence electrons. The standard InChI is InChI=1S/C9H12ClNOS/c1-6-3-4-8(13-6)7(2)11-9(12)5-10/h3-4,7H,5H2,1-2H3,(H,11,12). The van der Waals surface area contributed by atoms with Gasteiger partial charge in [0.15, 0.2) is 0 Å². The van der Waals surface area contributed by atoms with E-state index in [1.54, 1.807) is 11.3 Å². The minimum absolute atomic E-state index is 0.0225. The molecule has 0 saturated carbocycles. The van der Waals surface area contributed by atoms with Crippen molar-refractivity contribution in [1.29, 1.82) is 0 Å². The van der Waals surface area contributed by atoms with Crippen molar-refractivity contribution in [2.75, 3.05) is 5.88 Å². The minimum atomic E-state index is -0.125. The Kier molecular flexibility index (Phi) is 3.75. The lowest BCUT2D eigenvalue weighted by atomic mass is 10.3. The highest BCUT2D eigenvalue weighted by atomic mass is 35.5. The summed E-state index contributed by atoms with van der Waals surface area (Å²) in [5.41, 5.74) is 0. The van der Waals surface area contributed by atoms with Gasteiger partial charge in [0.25, 0.3) is 0 Å². The molecule has 1 atom stereocenters. The molecular weight excluding hydrogens is 206 g/mol. The van der Waals surface area contributed by atoms with Crippen LogP contribution in [-0.2, 0) is 4.79 Å². The van der Waals surface area contributed by atoms with Crippen LogP contribution in [0.4, 0.5) is 0 Å². The van der Waals surface area contributed by atoms with Gasteiger partial charge in [-0.3, -0.25) is 4.79 Å². The summed E-state index contributed by atoms with van der Waals surface area (Å²) in [6.07, 6.45) is 0. The Morgan fingerprint density at radius 1 is 1.69 bits per heavy atom. The molecule has 1 amide bonds. The monoisotopic (exact) mass is 217 g/mol. The van der Waals surface area contributed by atoms with Crippen LogP contribution in [0.25, 0.3) is 0 Å². The first-order valence-electron chi connectivity index (χ1n) is 4.05. The van der Waals surface area contributed by atoms with Gasteiger partial charge in [-0.2, -0.15) is 0 Å². The van der Waals surface area contributed by atoms with Crippen molar-refractivity contribution in [1.82, 2.24) is 5.32 Å². The van der Waals surface area contributed by atoms with Gasteiger partial charge in [-0.15, -0.1) is 22.9 Å². The van der Waals surface area contributed by atoms with Crippen molar-refractivity contribution in [3.05, 3.63) is 21.9 Å². The molecule has 0 aliphatic carbocycles. The van der Waals surface area contributed by atoms with Gasteiger partial charge in [-0.25, -0.2) is 0 Å². The number of hydrogen-bond acceptors (Lipinski definition) is 2. The summed E-state index contributed by atoms with van der Waals surface area (Å²) in [7, 11) is 0. The molecule has 0 fully saturated rings. The number of aryl methyl sites for hydroxylation is 1. The molecular formula is C9H12ClNOS. The highest BCUT2D eigenvalue weighted by molar-refractivity contribution is 7.12. The molecule has 0 aliphatic rings. The van der Waals surface area contributed by atoms with E-state index in [-0.39, 0.29) is 17.8 Å². The van der Waals surface area contributed by atoms with E-state index >= 15 is 0 Å². The first kappa shape index (κ1) is 10.5. The van der Waals surface area contributed by atoms with Crippen molar-refractivity contribution in [3.8, 4) is 0 Å². The van der Waals surface area contributed by atoms with Crippen LogP contribution in [0.15, 0.2) is 12.1 Å². The Morgan fingerprint density at radius 2 is 2.38 bits per heavy atom. The first-order chi connectivity index (χ1) is 6.13. The number of rotatable bonds is 3. The second-order valence-corrected chi connectivity index (χ2v) is 4.46. The van der Waals surface area contributed by atoms with Crippen LogP contribution in [0.5, 0.6) is 0 Å². The summed E-state index contributed by atoms with van der Waals surface area (Å²) in [5, 5.41) is 2.80. The van der Waals surface area contributed by atoms with Crippen LogP contribution in [0.3, 0.4) is 0 Å². The van der Waals surface area contributed by atoms with Crippen molar-refractivity contribution in [2.24, 2.45) is 0 Å². The summed E-state index contributed by atoms with van der Waals surface area (Å²) in [6.45, 7) is 4.00. The van der Waals surface area contributed by atoms with Crippen LogP contribution in [0.1, 0.15) is 22.7 Å². The fraction of sp³-hybridized carbons (Fsp3) is 0.444. The molecule has 1 aromatic heterocycles. The Hall–Kier alpha value is -0.540. The van der Waals surface area contributed by atoms with E-state index in [0.717, 1.165) is 4.88 Å². The summed E-state index contributed by atoms with van der Waals surface area (Å²) in [4.78, 5) is 13.4. The molecule has 1 rings (SSSR count). The van der Waals surface area contributed by atoms with E-state index in [0.29, 0.717) is 0 Å². The number of hydrogen-bond donors (Lipinski definition) is 1. The first-order valence-corrected chi connectivity index (χ1v) is 5.40. The Balaban J connectivity index is 2.58. The molecule has 0 radical (unpaired) electrons. The summed E-state index contributed by atoms with van der Waals surface area (Å²) in [6, 6.07) is 4.13. The number of amides is 1. The topological polar surface area (TPSA) is 29.1 Å². The van der Waals surface area contributed by atoms with Gasteiger partial charge in [-0.1, -0.05) is 0 Å². The second kappa shape index (κ2) is 4.63.